The van der Waals surface area contributed by atoms with Crippen LogP contribution in [0.3, 0.4) is 0 Å². The minimum Gasteiger partial charge on any atom is -0.480 e. The summed E-state index contributed by atoms with van der Waals surface area (Å²) in [5.41, 5.74) is -1.01. The summed E-state index contributed by atoms with van der Waals surface area (Å²) in [7, 11) is 0. The van der Waals surface area contributed by atoms with Crippen molar-refractivity contribution in [3.63, 3.8) is 0 Å². The molecular formula is C16H31NO4. The SMILES string of the molecule is CC(C)NC1(C(=O)O)CCCC(OCCOC(C)(C)C)C1. The number of hydrogen-bond donors (Lipinski definition) is 2. The molecule has 2 atom stereocenters. The van der Waals surface area contributed by atoms with E-state index < -0.39 is 11.5 Å². The maximum Gasteiger partial charge on any atom is 0.324 e. The van der Waals surface area contributed by atoms with Crippen LogP contribution in [0.15, 0.2) is 0 Å². The highest BCUT2D eigenvalue weighted by Crippen LogP contribution is 2.31. The lowest BCUT2D eigenvalue weighted by molar-refractivity contribution is -0.150. The fourth-order valence-corrected chi connectivity index (χ4v) is 2.87. The molecule has 1 rings (SSSR count). The van der Waals surface area contributed by atoms with Gasteiger partial charge in [-0.25, -0.2) is 0 Å². The Kier molecular flexibility index (Phi) is 6.63. The average Bonchev–Trinajstić information content (AvgIpc) is 2.33. The van der Waals surface area contributed by atoms with Crippen molar-refractivity contribution in [2.75, 3.05) is 13.2 Å². The number of carboxylic acids is 1. The zero-order chi connectivity index (χ0) is 16.1. The largest absolute Gasteiger partial charge is 0.480 e. The number of aliphatic carboxylic acids is 1. The molecule has 5 heteroatoms. The standard InChI is InChI=1S/C16H31NO4/c1-12(2)17-16(14(18)19)8-6-7-13(11-16)20-9-10-21-15(3,4)5/h12-13,17H,6-11H2,1-5H3,(H,18,19). The van der Waals surface area contributed by atoms with E-state index in [1.165, 1.54) is 0 Å². The van der Waals surface area contributed by atoms with Crippen LogP contribution in [-0.4, -0.2) is 47.6 Å². The lowest BCUT2D eigenvalue weighted by Gasteiger charge is -2.39. The van der Waals surface area contributed by atoms with Crippen molar-refractivity contribution >= 4 is 5.97 Å². The van der Waals surface area contributed by atoms with E-state index in [0.29, 0.717) is 26.1 Å². The molecular weight excluding hydrogens is 270 g/mol. The molecule has 0 spiro atoms. The minimum absolute atomic E-state index is 0.00957. The van der Waals surface area contributed by atoms with Gasteiger partial charge in [-0.1, -0.05) is 0 Å². The van der Waals surface area contributed by atoms with Gasteiger partial charge in [0.25, 0.3) is 0 Å². The first-order valence-electron chi connectivity index (χ1n) is 7.91. The van der Waals surface area contributed by atoms with Gasteiger partial charge < -0.3 is 14.6 Å². The maximum atomic E-state index is 11.7. The van der Waals surface area contributed by atoms with Crippen molar-refractivity contribution < 1.29 is 19.4 Å². The van der Waals surface area contributed by atoms with Crippen molar-refractivity contribution in [2.45, 2.75) is 83.6 Å². The number of nitrogens with one attached hydrogen (secondary N) is 1. The normalized spacial score (nSPS) is 27.0. The summed E-state index contributed by atoms with van der Waals surface area (Å²) in [6.45, 7) is 11.0. The second kappa shape index (κ2) is 7.56. The van der Waals surface area contributed by atoms with E-state index in [9.17, 15) is 9.90 Å². The Morgan fingerprint density at radius 2 is 2.05 bits per heavy atom. The van der Waals surface area contributed by atoms with Crippen LogP contribution in [0.2, 0.25) is 0 Å². The molecule has 0 aromatic carbocycles. The highest BCUT2D eigenvalue weighted by atomic mass is 16.5. The van der Waals surface area contributed by atoms with Crippen LogP contribution < -0.4 is 5.32 Å². The average molecular weight is 301 g/mol. The van der Waals surface area contributed by atoms with Gasteiger partial charge in [0.15, 0.2) is 0 Å². The smallest absolute Gasteiger partial charge is 0.324 e. The Bertz CT molecular complexity index is 338. The van der Waals surface area contributed by atoms with Crippen LogP contribution in [0.5, 0.6) is 0 Å². The van der Waals surface area contributed by atoms with Gasteiger partial charge in [-0.05, 0) is 53.9 Å². The number of rotatable bonds is 7. The van der Waals surface area contributed by atoms with Crippen LogP contribution in [0.4, 0.5) is 0 Å². The molecule has 0 radical (unpaired) electrons. The van der Waals surface area contributed by atoms with Gasteiger partial charge in [-0.2, -0.15) is 0 Å². The van der Waals surface area contributed by atoms with Crippen LogP contribution in [0.1, 0.15) is 60.3 Å². The fourth-order valence-electron chi connectivity index (χ4n) is 2.87. The van der Waals surface area contributed by atoms with Crippen LogP contribution in [0, 0.1) is 0 Å². The molecule has 2 unspecified atom stereocenters. The second-order valence-electron chi connectivity index (χ2n) is 7.24. The maximum absolute atomic E-state index is 11.7. The van der Waals surface area contributed by atoms with Gasteiger partial charge in [0.1, 0.15) is 5.54 Å². The van der Waals surface area contributed by atoms with E-state index in [1.807, 2.05) is 34.6 Å². The van der Waals surface area contributed by atoms with E-state index in [4.69, 9.17) is 9.47 Å². The molecule has 0 saturated heterocycles. The molecule has 21 heavy (non-hydrogen) atoms. The lowest BCUT2D eigenvalue weighted by atomic mass is 9.79. The third kappa shape index (κ3) is 6.32. The molecule has 0 bridgehead atoms. The van der Waals surface area contributed by atoms with Crippen molar-refractivity contribution in [3.8, 4) is 0 Å². The van der Waals surface area contributed by atoms with E-state index in [2.05, 4.69) is 5.32 Å². The Hall–Kier alpha value is -0.650. The van der Waals surface area contributed by atoms with Gasteiger partial charge >= 0.3 is 5.97 Å². The summed E-state index contributed by atoms with van der Waals surface area (Å²) in [6, 6.07) is 0.143. The number of carbonyl (C=O) groups is 1. The van der Waals surface area contributed by atoms with Crippen molar-refractivity contribution in [3.05, 3.63) is 0 Å². The number of carboxylic acid groups (broad SMARTS) is 1. The third-order valence-electron chi connectivity index (χ3n) is 3.65. The first-order chi connectivity index (χ1) is 9.65. The molecule has 1 saturated carbocycles. The van der Waals surface area contributed by atoms with Gasteiger partial charge in [0.2, 0.25) is 0 Å². The molecule has 2 N–H and O–H groups in total. The molecule has 1 aliphatic carbocycles. The van der Waals surface area contributed by atoms with E-state index >= 15 is 0 Å². The third-order valence-corrected chi connectivity index (χ3v) is 3.65. The lowest BCUT2D eigenvalue weighted by Crippen LogP contribution is -2.58. The predicted octanol–water partition coefficient (Wildman–Crippen LogP) is 2.58. The predicted molar refractivity (Wildman–Crippen MR) is 82.6 cm³/mol. The Morgan fingerprint density at radius 1 is 1.38 bits per heavy atom. The topological polar surface area (TPSA) is 67.8 Å². The molecule has 1 fully saturated rings. The van der Waals surface area contributed by atoms with Crippen LogP contribution in [-0.2, 0) is 14.3 Å². The zero-order valence-electron chi connectivity index (χ0n) is 14.1. The van der Waals surface area contributed by atoms with Crippen molar-refractivity contribution in [1.29, 1.82) is 0 Å². The first-order valence-corrected chi connectivity index (χ1v) is 7.91. The second-order valence-corrected chi connectivity index (χ2v) is 7.24. The molecule has 0 aromatic heterocycles. The monoisotopic (exact) mass is 301 g/mol. The van der Waals surface area contributed by atoms with Crippen molar-refractivity contribution in [1.82, 2.24) is 5.32 Å². The molecule has 0 aliphatic heterocycles. The zero-order valence-corrected chi connectivity index (χ0v) is 14.1. The molecule has 0 heterocycles. The van der Waals surface area contributed by atoms with Crippen molar-refractivity contribution in [2.24, 2.45) is 0 Å². The highest BCUT2D eigenvalue weighted by Gasteiger charge is 2.43. The highest BCUT2D eigenvalue weighted by molar-refractivity contribution is 5.79. The number of hydrogen-bond acceptors (Lipinski definition) is 4. The molecule has 0 aromatic rings. The molecule has 0 amide bonds. The van der Waals surface area contributed by atoms with E-state index in [0.717, 1.165) is 12.8 Å². The minimum atomic E-state index is -0.845. The van der Waals surface area contributed by atoms with E-state index in [1.54, 1.807) is 0 Å². The van der Waals surface area contributed by atoms with Crippen LogP contribution >= 0.6 is 0 Å². The summed E-state index contributed by atoms with van der Waals surface area (Å²) < 4.78 is 11.5. The summed E-state index contributed by atoms with van der Waals surface area (Å²) >= 11 is 0. The summed E-state index contributed by atoms with van der Waals surface area (Å²) in [5.74, 6) is -0.768. The summed E-state index contributed by atoms with van der Waals surface area (Å²) in [6.07, 6.45) is 2.97. The number of ether oxygens (including phenoxy) is 2. The molecule has 124 valence electrons. The van der Waals surface area contributed by atoms with Crippen LogP contribution in [0.25, 0.3) is 0 Å². The van der Waals surface area contributed by atoms with Gasteiger partial charge in [-0.3, -0.25) is 10.1 Å². The fraction of sp³-hybridized carbons (Fsp3) is 0.938. The van der Waals surface area contributed by atoms with Gasteiger partial charge in [-0.15, -0.1) is 0 Å². The summed E-state index contributed by atoms with van der Waals surface area (Å²) in [5, 5.41) is 12.8. The molecule has 1 aliphatic rings. The van der Waals surface area contributed by atoms with Gasteiger partial charge in [0.05, 0.1) is 24.9 Å². The van der Waals surface area contributed by atoms with E-state index in [-0.39, 0.29) is 17.7 Å². The Labute approximate surface area is 128 Å². The molecule has 5 nitrogen and oxygen atoms in total. The summed E-state index contributed by atoms with van der Waals surface area (Å²) in [4.78, 5) is 11.7. The first kappa shape index (κ1) is 18.4. The quantitative estimate of drug-likeness (QED) is 0.707. The van der Waals surface area contributed by atoms with Gasteiger partial charge in [0, 0.05) is 12.5 Å². The Balaban J connectivity index is 2.48. The Morgan fingerprint density at radius 3 is 2.57 bits per heavy atom.